The number of nitrogens with zero attached hydrogens (tertiary/aromatic N) is 3. The van der Waals surface area contributed by atoms with Crippen molar-refractivity contribution in [3.8, 4) is 33.8 Å². The predicted molar refractivity (Wildman–Crippen MR) is 106 cm³/mol. The van der Waals surface area contributed by atoms with Crippen molar-refractivity contribution in [3.63, 3.8) is 0 Å². The monoisotopic (exact) mass is 366 g/mol. The number of fused-ring (bicyclic) bond motifs is 2. The van der Waals surface area contributed by atoms with Crippen LogP contribution in [0, 0.1) is 0 Å². The lowest BCUT2D eigenvalue weighted by Gasteiger charge is -1.98. The fourth-order valence-corrected chi connectivity index (χ4v) is 3.59. The first-order valence-corrected chi connectivity index (χ1v) is 8.86. The van der Waals surface area contributed by atoms with E-state index < -0.39 is 0 Å². The molecule has 0 aliphatic carbocycles. The standard InChI is InChI=1S/C21H14N6O/c1-2-14(12-6-7-28-11-12)15-8-19(24-17(15)3-1)21-20-18(26-27-21)5-4-16(25-20)13-9-22-23-10-13/h1-11,24H,(H,22,23)(H,26,27). The average molecular weight is 366 g/mol. The van der Waals surface area contributed by atoms with Gasteiger partial charge in [0, 0.05) is 28.2 Å². The van der Waals surface area contributed by atoms with Crippen LogP contribution in [0.4, 0.5) is 0 Å². The number of aromatic nitrogens is 6. The molecule has 0 unspecified atom stereocenters. The molecule has 0 amide bonds. The molecule has 0 aliphatic heterocycles. The molecule has 28 heavy (non-hydrogen) atoms. The highest BCUT2D eigenvalue weighted by molar-refractivity contribution is 6.00. The summed E-state index contributed by atoms with van der Waals surface area (Å²) in [5, 5.41) is 15.5. The highest BCUT2D eigenvalue weighted by Gasteiger charge is 2.15. The second-order valence-electron chi connectivity index (χ2n) is 6.61. The maximum absolute atomic E-state index is 5.26. The Morgan fingerprint density at radius 2 is 1.96 bits per heavy atom. The molecule has 6 rings (SSSR count). The van der Waals surface area contributed by atoms with Gasteiger partial charge in [0.25, 0.3) is 0 Å². The van der Waals surface area contributed by atoms with Gasteiger partial charge < -0.3 is 9.40 Å². The van der Waals surface area contributed by atoms with E-state index in [9.17, 15) is 0 Å². The molecule has 3 N–H and O–H groups in total. The van der Waals surface area contributed by atoms with Gasteiger partial charge in [-0.3, -0.25) is 10.2 Å². The zero-order valence-corrected chi connectivity index (χ0v) is 14.6. The molecule has 0 atom stereocenters. The van der Waals surface area contributed by atoms with Crippen LogP contribution in [-0.4, -0.2) is 30.4 Å². The molecule has 0 radical (unpaired) electrons. The number of nitrogens with one attached hydrogen (secondary N) is 3. The van der Waals surface area contributed by atoms with Gasteiger partial charge in [-0.05, 0) is 35.9 Å². The second-order valence-corrected chi connectivity index (χ2v) is 6.61. The van der Waals surface area contributed by atoms with Crippen molar-refractivity contribution in [2.45, 2.75) is 0 Å². The summed E-state index contributed by atoms with van der Waals surface area (Å²) in [6.45, 7) is 0. The van der Waals surface area contributed by atoms with Gasteiger partial charge in [0.1, 0.15) is 11.2 Å². The van der Waals surface area contributed by atoms with E-state index in [0.29, 0.717) is 0 Å². The maximum atomic E-state index is 5.26. The Hall–Kier alpha value is -4.13. The van der Waals surface area contributed by atoms with E-state index in [-0.39, 0.29) is 0 Å². The first-order valence-electron chi connectivity index (χ1n) is 8.86. The molecule has 0 saturated carbocycles. The quantitative estimate of drug-likeness (QED) is 0.420. The van der Waals surface area contributed by atoms with Crippen molar-refractivity contribution in [3.05, 3.63) is 67.4 Å². The van der Waals surface area contributed by atoms with Crippen LogP contribution in [0.5, 0.6) is 0 Å². The molecule has 0 saturated heterocycles. The minimum absolute atomic E-state index is 0.787. The number of benzene rings is 1. The first-order chi connectivity index (χ1) is 13.9. The summed E-state index contributed by atoms with van der Waals surface area (Å²) in [5.41, 5.74) is 8.38. The lowest BCUT2D eigenvalue weighted by molar-refractivity contribution is 0.568. The Labute approximate surface area is 158 Å². The highest BCUT2D eigenvalue weighted by Crippen LogP contribution is 2.34. The molecular formula is C21H14N6O. The summed E-state index contributed by atoms with van der Waals surface area (Å²) >= 11 is 0. The lowest BCUT2D eigenvalue weighted by atomic mass is 10.0. The van der Waals surface area contributed by atoms with E-state index in [1.54, 1.807) is 18.7 Å². The first kappa shape index (κ1) is 15.0. The number of hydrogen-bond acceptors (Lipinski definition) is 4. The second kappa shape index (κ2) is 5.68. The SMILES string of the molecule is c1cc(-c2ccoc2)c2cc(-c3n[nH]c4ccc(-c5cn[nH]c5)nc34)[nH]c2c1. The third-order valence-corrected chi connectivity index (χ3v) is 4.95. The Morgan fingerprint density at radius 3 is 2.82 bits per heavy atom. The molecule has 1 aromatic carbocycles. The van der Waals surface area contributed by atoms with Crippen LogP contribution in [0.25, 0.3) is 55.7 Å². The van der Waals surface area contributed by atoms with Crippen molar-refractivity contribution < 1.29 is 4.42 Å². The smallest absolute Gasteiger partial charge is 0.135 e. The fourth-order valence-electron chi connectivity index (χ4n) is 3.59. The predicted octanol–water partition coefficient (Wildman–Crippen LogP) is 4.76. The number of pyridine rings is 1. The summed E-state index contributed by atoms with van der Waals surface area (Å²) < 4.78 is 5.26. The summed E-state index contributed by atoms with van der Waals surface area (Å²) in [6.07, 6.45) is 7.02. The van der Waals surface area contributed by atoms with Crippen molar-refractivity contribution in [2.75, 3.05) is 0 Å². The Bertz CT molecular complexity index is 1410. The molecule has 5 heterocycles. The molecule has 134 valence electrons. The van der Waals surface area contributed by atoms with Crippen LogP contribution in [-0.2, 0) is 0 Å². The van der Waals surface area contributed by atoms with Crippen LogP contribution in [0.1, 0.15) is 0 Å². The molecule has 0 fully saturated rings. The van der Waals surface area contributed by atoms with Crippen LogP contribution in [0.2, 0.25) is 0 Å². The number of furan rings is 1. The van der Waals surface area contributed by atoms with Crippen molar-refractivity contribution in [1.82, 2.24) is 30.4 Å². The third-order valence-electron chi connectivity index (χ3n) is 4.95. The molecule has 0 aliphatic rings. The minimum atomic E-state index is 0.787. The minimum Gasteiger partial charge on any atom is -0.472 e. The van der Waals surface area contributed by atoms with Gasteiger partial charge in [0.15, 0.2) is 0 Å². The zero-order valence-electron chi connectivity index (χ0n) is 14.6. The van der Waals surface area contributed by atoms with Crippen LogP contribution in [0.15, 0.2) is 71.8 Å². The summed E-state index contributed by atoms with van der Waals surface area (Å²) in [4.78, 5) is 8.28. The lowest BCUT2D eigenvalue weighted by Crippen LogP contribution is -1.84. The van der Waals surface area contributed by atoms with Crippen molar-refractivity contribution in [2.24, 2.45) is 0 Å². The van der Waals surface area contributed by atoms with Gasteiger partial charge in [0.05, 0.1) is 35.6 Å². The summed E-state index contributed by atoms with van der Waals surface area (Å²) in [6, 6.07) is 14.2. The van der Waals surface area contributed by atoms with Crippen LogP contribution < -0.4 is 0 Å². The van der Waals surface area contributed by atoms with Gasteiger partial charge in [-0.1, -0.05) is 12.1 Å². The van der Waals surface area contributed by atoms with Gasteiger partial charge in [-0.15, -0.1) is 0 Å². The number of hydrogen-bond donors (Lipinski definition) is 3. The van der Waals surface area contributed by atoms with Gasteiger partial charge >= 0.3 is 0 Å². The Morgan fingerprint density at radius 1 is 0.964 bits per heavy atom. The van der Waals surface area contributed by atoms with Crippen LogP contribution >= 0.6 is 0 Å². The summed E-state index contributed by atoms with van der Waals surface area (Å²) in [7, 11) is 0. The van der Waals surface area contributed by atoms with Crippen molar-refractivity contribution in [1.29, 1.82) is 0 Å². The zero-order chi connectivity index (χ0) is 18.5. The molecule has 0 bridgehead atoms. The molecular weight excluding hydrogens is 352 g/mol. The number of rotatable bonds is 3. The normalized spacial score (nSPS) is 11.6. The topological polar surface area (TPSA) is 99.2 Å². The van der Waals surface area contributed by atoms with Gasteiger partial charge in [0.2, 0.25) is 0 Å². The fraction of sp³-hybridized carbons (Fsp3) is 0. The molecule has 6 aromatic rings. The molecule has 0 spiro atoms. The largest absolute Gasteiger partial charge is 0.472 e. The molecule has 7 nitrogen and oxygen atoms in total. The molecule has 5 aromatic heterocycles. The number of H-pyrrole nitrogens is 3. The van der Waals surface area contributed by atoms with Gasteiger partial charge in [-0.2, -0.15) is 10.2 Å². The van der Waals surface area contributed by atoms with Crippen LogP contribution in [0.3, 0.4) is 0 Å². The van der Waals surface area contributed by atoms with E-state index in [2.05, 4.69) is 43.6 Å². The molecule has 7 heteroatoms. The van der Waals surface area contributed by atoms with E-state index in [0.717, 1.165) is 55.7 Å². The Kier molecular flexibility index (Phi) is 3.04. The van der Waals surface area contributed by atoms with E-state index in [4.69, 9.17) is 9.40 Å². The van der Waals surface area contributed by atoms with Crippen molar-refractivity contribution >= 4 is 21.9 Å². The van der Waals surface area contributed by atoms with Gasteiger partial charge in [-0.25, -0.2) is 4.98 Å². The van der Waals surface area contributed by atoms with E-state index in [1.807, 2.05) is 30.5 Å². The van der Waals surface area contributed by atoms with E-state index in [1.165, 1.54) is 0 Å². The summed E-state index contributed by atoms with van der Waals surface area (Å²) in [5.74, 6) is 0. The number of aromatic amines is 3. The average Bonchev–Trinajstić information content (AvgIpc) is 3.53. The van der Waals surface area contributed by atoms with E-state index >= 15 is 0 Å². The Balaban J connectivity index is 1.55. The maximum Gasteiger partial charge on any atom is 0.135 e. The highest BCUT2D eigenvalue weighted by atomic mass is 16.3. The third kappa shape index (κ3) is 2.20.